The van der Waals surface area contributed by atoms with Crippen molar-refractivity contribution in [2.45, 2.75) is 103 Å². The number of unbranched alkanes of at least 4 members (excludes halogenated alkanes) is 9. The summed E-state index contributed by atoms with van der Waals surface area (Å²) in [5.41, 5.74) is 0. The largest absolute Gasteiger partial charge is 0.0693 e. The molecule has 0 fully saturated rings. The minimum atomic E-state index is -0.817. The Morgan fingerprint density at radius 2 is 1.11 bits per heavy atom. The van der Waals surface area contributed by atoms with Crippen molar-refractivity contribution in [3.63, 3.8) is 0 Å². The van der Waals surface area contributed by atoms with Gasteiger partial charge in [-0.1, -0.05) is 110 Å². The Morgan fingerprint density at radius 1 is 0.667 bits per heavy atom. The molecule has 0 rings (SSSR count). The summed E-state index contributed by atoms with van der Waals surface area (Å²) in [6.07, 6.45) is 15.5. The Morgan fingerprint density at radius 3 is 1.61 bits per heavy atom. The molecule has 0 spiro atoms. The molecule has 1 heteroatoms. The molecule has 0 aromatic rings. The van der Waals surface area contributed by atoms with Crippen LogP contribution in [0.4, 0.5) is 0 Å². The number of rotatable bonds is 13. The summed E-state index contributed by atoms with van der Waals surface area (Å²) in [6, 6.07) is 3.11. The molecule has 0 saturated carbocycles. The van der Waals surface area contributed by atoms with Crippen LogP contribution in [0, 0.1) is 6.92 Å². The molecule has 0 heterocycles. The standard InChI is InChI=1S/C17H37Si/c1-5-7-9-10-11-12-13-14-15-17-18(3,4)16-8-6-2/h1,5-17H2,2-4H3. The maximum Gasteiger partial charge on any atom is 0.0473 e. The third-order valence-electron chi connectivity index (χ3n) is 4.06. The van der Waals surface area contributed by atoms with Crippen molar-refractivity contribution in [1.82, 2.24) is 0 Å². The first-order valence-electron chi connectivity index (χ1n) is 8.41. The minimum absolute atomic E-state index is 0.817. The molecule has 1 radical (unpaired) electrons. The maximum absolute atomic E-state index is 3.89. The summed E-state index contributed by atoms with van der Waals surface area (Å²) >= 11 is 0. The van der Waals surface area contributed by atoms with Crippen molar-refractivity contribution >= 4 is 8.07 Å². The SMILES string of the molecule is [CH2]CCCCCCCCCC[Si](C)(C)CCCC. The average Bonchev–Trinajstić information content (AvgIpc) is 2.34. The van der Waals surface area contributed by atoms with Gasteiger partial charge in [0.2, 0.25) is 0 Å². The molecule has 0 aliphatic carbocycles. The van der Waals surface area contributed by atoms with Crippen molar-refractivity contribution in [2.24, 2.45) is 0 Å². The van der Waals surface area contributed by atoms with Gasteiger partial charge in [-0.3, -0.25) is 0 Å². The number of hydrogen-bond acceptors (Lipinski definition) is 0. The first-order chi connectivity index (χ1) is 8.62. The van der Waals surface area contributed by atoms with Crippen molar-refractivity contribution < 1.29 is 0 Å². The Hall–Kier alpha value is 0.217. The van der Waals surface area contributed by atoms with Crippen LogP contribution in [0.2, 0.25) is 25.2 Å². The lowest BCUT2D eigenvalue weighted by molar-refractivity contribution is 0.576. The monoisotopic (exact) mass is 269 g/mol. The third kappa shape index (κ3) is 12.7. The van der Waals surface area contributed by atoms with Crippen molar-refractivity contribution in [3.05, 3.63) is 6.92 Å². The highest BCUT2D eigenvalue weighted by Gasteiger charge is 2.18. The van der Waals surface area contributed by atoms with Gasteiger partial charge >= 0.3 is 0 Å². The highest BCUT2D eigenvalue weighted by atomic mass is 28.3. The molecule has 0 aliphatic rings. The second-order valence-corrected chi connectivity index (χ2v) is 12.0. The van der Waals surface area contributed by atoms with Gasteiger partial charge < -0.3 is 0 Å². The van der Waals surface area contributed by atoms with Gasteiger partial charge in [-0.15, -0.1) is 0 Å². The van der Waals surface area contributed by atoms with E-state index in [4.69, 9.17) is 0 Å². The molecule has 0 aromatic heterocycles. The molecular formula is C17H37Si. The Labute approximate surface area is 118 Å². The van der Waals surface area contributed by atoms with Crippen LogP contribution < -0.4 is 0 Å². The van der Waals surface area contributed by atoms with E-state index in [1.54, 1.807) is 12.1 Å². The summed E-state index contributed by atoms with van der Waals surface area (Å²) in [7, 11) is -0.817. The van der Waals surface area contributed by atoms with Crippen LogP contribution in [-0.2, 0) is 0 Å². The molecular weight excluding hydrogens is 232 g/mol. The number of hydrogen-bond donors (Lipinski definition) is 0. The van der Waals surface area contributed by atoms with Crippen molar-refractivity contribution in [2.75, 3.05) is 0 Å². The fourth-order valence-corrected chi connectivity index (χ4v) is 5.39. The first kappa shape index (κ1) is 18.2. The predicted molar refractivity (Wildman–Crippen MR) is 88.9 cm³/mol. The van der Waals surface area contributed by atoms with E-state index in [-0.39, 0.29) is 0 Å². The van der Waals surface area contributed by atoms with Crippen molar-refractivity contribution in [1.29, 1.82) is 0 Å². The van der Waals surface area contributed by atoms with Crippen LogP contribution in [0.15, 0.2) is 0 Å². The van der Waals surface area contributed by atoms with E-state index in [9.17, 15) is 0 Å². The first-order valence-corrected chi connectivity index (χ1v) is 11.8. The fraction of sp³-hybridized carbons (Fsp3) is 0.941. The molecule has 0 aliphatic heterocycles. The van der Waals surface area contributed by atoms with Crippen LogP contribution in [0.3, 0.4) is 0 Å². The summed E-state index contributed by atoms with van der Waals surface area (Å²) < 4.78 is 0. The van der Waals surface area contributed by atoms with E-state index < -0.39 is 8.07 Å². The van der Waals surface area contributed by atoms with E-state index in [2.05, 4.69) is 26.9 Å². The Balaban J connectivity index is 3.23. The van der Waals surface area contributed by atoms with Gasteiger partial charge in [0.1, 0.15) is 0 Å². The van der Waals surface area contributed by atoms with Crippen molar-refractivity contribution in [3.8, 4) is 0 Å². The van der Waals surface area contributed by atoms with Gasteiger partial charge in [-0.25, -0.2) is 0 Å². The fourth-order valence-electron chi connectivity index (χ4n) is 2.62. The quantitative estimate of drug-likeness (QED) is 0.254. The van der Waals surface area contributed by atoms with Gasteiger partial charge in [-0.2, -0.15) is 0 Å². The van der Waals surface area contributed by atoms with Crippen LogP contribution in [0.5, 0.6) is 0 Å². The van der Waals surface area contributed by atoms with Crippen LogP contribution in [0.1, 0.15) is 77.6 Å². The maximum atomic E-state index is 3.89. The zero-order chi connectivity index (χ0) is 13.7. The van der Waals surface area contributed by atoms with Crippen LogP contribution in [-0.4, -0.2) is 8.07 Å². The Kier molecular flexibility index (Phi) is 12.4. The molecule has 0 atom stereocenters. The molecule has 0 saturated heterocycles. The highest BCUT2D eigenvalue weighted by molar-refractivity contribution is 6.77. The molecule has 0 unspecified atom stereocenters. The summed E-state index contributed by atoms with van der Waals surface area (Å²) in [4.78, 5) is 0. The summed E-state index contributed by atoms with van der Waals surface area (Å²) in [5, 5.41) is 0. The Bertz CT molecular complexity index is 163. The lowest BCUT2D eigenvalue weighted by Crippen LogP contribution is -2.24. The van der Waals surface area contributed by atoms with Crippen LogP contribution in [0.25, 0.3) is 0 Å². The van der Waals surface area contributed by atoms with Gasteiger partial charge in [0.15, 0.2) is 0 Å². The molecule has 0 aromatic carbocycles. The van der Waals surface area contributed by atoms with Gasteiger partial charge in [0, 0.05) is 8.07 Å². The van der Waals surface area contributed by atoms with Gasteiger partial charge in [-0.05, 0) is 0 Å². The smallest absolute Gasteiger partial charge is 0.0473 e. The molecule has 109 valence electrons. The van der Waals surface area contributed by atoms with Gasteiger partial charge in [0.25, 0.3) is 0 Å². The highest BCUT2D eigenvalue weighted by Crippen LogP contribution is 2.22. The zero-order valence-electron chi connectivity index (χ0n) is 13.4. The van der Waals surface area contributed by atoms with E-state index in [0.29, 0.717) is 0 Å². The minimum Gasteiger partial charge on any atom is -0.0693 e. The second kappa shape index (κ2) is 12.3. The predicted octanol–water partition coefficient (Wildman–Crippen LogP) is 6.84. The van der Waals surface area contributed by atoms with Gasteiger partial charge in [0.05, 0.1) is 0 Å². The third-order valence-corrected chi connectivity index (χ3v) is 7.47. The lowest BCUT2D eigenvalue weighted by atomic mass is 10.1. The normalized spacial score (nSPS) is 12.0. The van der Waals surface area contributed by atoms with E-state index in [0.717, 1.165) is 6.42 Å². The summed E-state index contributed by atoms with van der Waals surface area (Å²) in [5.74, 6) is 0. The van der Waals surface area contributed by atoms with E-state index in [1.807, 2.05) is 0 Å². The van der Waals surface area contributed by atoms with E-state index in [1.165, 1.54) is 64.2 Å². The van der Waals surface area contributed by atoms with Crippen LogP contribution >= 0.6 is 0 Å². The lowest BCUT2D eigenvalue weighted by Gasteiger charge is -2.21. The molecule has 0 N–H and O–H groups in total. The molecule has 0 bridgehead atoms. The molecule has 0 amide bonds. The second-order valence-electron chi connectivity index (χ2n) is 6.70. The topological polar surface area (TPSA) is 0 Å². The molecule has 0 nitrogen and oxygen atoms in total. The average molecular weight is 270 g/mol. The summed E-state index contributed by atoms with van der Waals surface area (Å²) in [6.45, 7) is 11.4. The molecule has 18 heavy (non-hydrogen) atoms. The zero-order valence-corrected chi connectivity index (χ0v) is 14.4. The van der Waals surface area contributed by atoms with E-state index >= 15 is 0 Å².